The molecule has 0 radical (unpaired) electrons. The van der Waals surface area contributed by atoms with Gasteiger partial charge >= 0.3 is 0 Å². The Morgan fingerprint density at radius 3 is 2.71 bits per heavy atom. The van der Waals surface area contributed by atoms with Gasteiger partial charge in [0.25, 0.3) is 0 Å². The molecular weight excluding hydrogens is 296 g/mol. The van der Waals surface area contributed by atoms with Gasteiger partial charge in [-0.15, -0.1) is 0 Å². The van der Waals surface area contributed by atoms with Crippen molar-refractivity contribution in [2.45, 2.75) is 52.2 Å². The van der Waals surface area contributed by atoms with Crippen LogP contribution in [0.3, 0.4) is 0 Å². The molecule has 1 fully saturated rings. The van der Waals surface area contributed by atoms with Crippen LogP contribution in [0.25, 0.3) is 0 Å². The van der Waals surface area contributed by atoms with E-state index in [0.29, 0.717) is 18.0 Å². The zero-order chi connectivity index (χ0) is 17.1. The van der Waals surface area contributed by atoms with Crippen molar-refractivity contribution in [3.05, 3.63) is 53.3 Å². The summed E-state index contributed by atoms with van der Waals surface area (Å²) in [5.74, 6) is 0.558. The van der Waals surface area contributed by atoms with Crippen LogP contribution in [-0.4, -0.2) is 34.3 Å². The van der Waals surface area contributed by atoms with Crippen molar-refractivity contribution in [3.8, 4) is 0 Å². The highest BCUT2D eigenvalue weighted by molar-refractivity contribution is 5.33. The van der Waals surface area contributed by atoms with Gasteiger partial charge in [0.2, 0.25) is 0 Å². The zero-order valence-corrected chi connectivity index (χ0v) is 15.4. The standard InChI is InChI=1S/C20H30N4/c1-15(2)18-7-5-6-8-19(18)20-14-23(10-9-21-20)12-17-11-22-24(13-17)16(3)4/h5-8,11,13,15-16,20-21H,9-10,12,14H2,1-4H3/t20-/m0/s1. The van der Waals surface area contributed by atoms with E-state index in [1.165, 1.54) is 16.7 Å². The molecule has 4 heteroatoms. The summed E-state index contributed by atoms with van der Waals surface area (Å²) in [7, 11) is 0. The number of hydrogen-bond acceptors (Lipinski definition) is 3. The molecule has 1 aromatic carbocycles. The minimum Gasteiger partial charge on any atom is -0.308 e. The number of piperazine rings is 1. The molecule has 4 nitrogen and oxygen atoms in total. The highest BCUT2D eigenvalue weighted by Gasteiger charge is 2.23. The van der Waals surface area contributed by atoms with Crippen LogP contribution < -0.4 is 5.32 Å². The van der Waals surface area contributed by atoms with Crippen LogP contribution in [0, 0.1) is 0 Å². The second-order valence-corrected chi connectivity index (χ2v) is 7.45. The van der Waals surface area contributed by atoms with Gasteiger partial charge in [0.1, 0.15) is 0 Å². The van der Waals surface area contributed by atoms with E-state index in [1.807, 2.05) is 10.9 Å². The number of benzene rings is 1. The maximum Gasteiger partial charge on any atom is 0.0534 e. The maximum absolute atomic E-state index is 4.47. The second kappa shape index (κ2) is 7.49. The predicted molar refractivity (Wildman–Crippen MR) is 99.2 cm³/mol. The molecule has 130 valence electrons. The lowest BCUT2D eigenvalue weighted by atomic mass is 9.92. The fourth-order valence-electron chi connectivity index (χ4n) is 3.52. The van der Waals surface area contributed by atoms with Crippen molar-refractivity contribution in [2.75, 3.05) is 19.6 Å². The lowest BCUT2D eigenvalue weighted by Gasteiger charge is -2.35. The number of nitrogens with one attached hydrogen (secondary N) is 1. The molecule has 1 aromatic heterocycles. The molecule has 0 aliphatic carbocycles. The molecule has 0 spiro atoms. The molecule has 0 bridgehead atoms. The Morgan fingerprint density at radius 1 is 1.21 bits per heavy atom. The number of aromatic nitrogens is 2. The van der Waals surface area contributed by atoms with Gasteiger partial charge in [-0.25, -0.2) is 0 Å². The average Bonchev–Trinajstić information content (AvgIpc) is 3.04. The van der Waals surface area contributed by atoms with Crippen molar-refractivity contribution in [3.63, 3.8) is 0 Å². The van der Waals surface area contributed by atoms with Gasteiger partial charge in [-0.3, -0.25) is 9.58 Å². The Morgan fingerprint density at radius 2 is 2.00 bits per heavy atom. The van der Waals surface area contributed by atoms with E-state index >= 15 is 0 Å². The van der Waals surface area contributed by atoms with E-state index in [4.69, 9.17) is 0 Å². The summed E-state index contributed by atoms with van der Waals surface area (Å²) in [5.41, 5.74) is 4.22. The highest BCUT2D eigenvalue weighted by Crippen LogP contribution is 2.27. The van der Waals surface area contributed by atoms with Crippen molar-refractivity contribution in [1.29, 1.82) is 0 Å². The molecule has 2 aromatic rings. The fourth-order valence-corrected chi connectivity index (χ4v) is 3.52. The topological polar surface area (TPSA) is 33.1 Å². The van der Waals surface area contributed by atoms with Gasteiger partial charge in [-0.05, 0) is 30.9 Å². The lowest BCUT2D eigenvalue weighted by Crippen LogP contribution is -2.45. The normalized spacial score (nSPS) is 19.3. The van der Waals surface area contributed by atoms with Crippen molar-refractivity contribution < 1.29 is 0 Å². The smallest absolute Gasteiger partial charge is 0.0534 e. The summed E-state index contributed by atoms with van der Waals surface area (Å²) in [6.45, 7) is 13.0. The van der Waals surface area contributed by atoms with Crippen LogP contribution in [0.2, 0.25) is 0 Å². The Balaban J connectivity index is 1.70. The first kappa shape index (κ1) is 17.2. The van der Waals surface area contributed by atoms with Crippen LogP contribution >= 0.6 is 0 Å². The van der Waals surface area contributed by atoms with Crippen LogP contribution in [0.5, 0.6) is 0 Å². The highest BCUT2D eigenvalue weighted by atomic mass is 15.3. The van der Waals surface area contributed by atoms with E-state index < -0.39 is 0 Å². The first-order valence-electron chi connectivity index (χ1n) is 9.12. The summed E-state index contributed by atoms with van der Waals surface area (Å²) in [4.78, 5) is 2.54. The van der Waals surface area contributed by atoms with E-state index in [9.17, 15) is 0 Å². The molecule has 1 atom stereocenters. The lowest BCUT2D eigenvalue weighted by molar-refractivity contribution is 0.192. The number of hydrogen-bond donors (Lipinski definition) is 1. The minimum atomic E-state index is 0.414. The van der Waals surface area contributed by atoms with Crippen molar-refractivity contribution in [2.24, 2.45) is 0 Å². The third-order valence-corrected chi connectivity index (χ3v) is 4.84. The van der Waals surface area contributed by atoms with E-state index in [2.05, 4.69) is 73.5 Å². The molecule has 1 saturated heterocycles. The number of rotatable bonds is 5. The third kappa shape index (κ3) is 3.87. The van der Waals surface area contributed by atoms with Crippen molar-refractivity contribution in [1.82, 2.24) is 20.0 Å². The summed E-state index contributed by atoms with van der Waals surface area (Å²) in [5, 5.41) is 8.18. The molecule has 2 heterocycles. The predicted octanol–water partition coefficient (Wildman–Crippen LogP) is 3.73. The van der Waals surface area contributed by atoms with Gasteiger partial charge in [0.15, 0.2) is 0 Å². The maximum atomic E-state index is 4.47. The summed E-state index contributed by atoms with van der Waals surface area (Å²) in [6.07, 6.45) is 4.20. The first-order chi connectivity index (χ1) is 11.5. The molecule has 1 aliphatic rings. The SMILES string of the molecule is CC(C)c1ccccc1[C@@H]1CN(Cc2cnn(C(C)C)c2)CCN1. The quantitative estimate of drug-likeness (QED) is 0.909. The van der Waals surface area contributed by atoms with Gasteiger partial charge in [0, 0.05) is 50.0 Å². The zero-order valence-electron chi connectivity index (χ0n) is 15.4. The Labute approximate surface area is 145 Å². The molecule has 1 aliphatic heterocycles. The van der Waals surface area contributed by atoms with Gasteiger partial charge in [-0.2, -0.15) is 5.10 Å². The van der Waals surface area contributed by atoms with Crippen molar-refractivity contribution >= 4 is 0 Å². The van der Waals surface area contributed by atoms with Crippen LogP contribution in [0.1, 0.15) is 62.4 Å². The van der Waals surface area contributed by atoms with Crippen LogP contribution in [-0.2, 0) is 6.54 Å². The molecule has 0 amide bonds. The summed E-state index contributed by atoms with van der Waals surface area (Å²) >= 11 is 0. The largest absolute Gasteiger partial charge is 0.308 e. The molecular formula is C20H30N4. The first-order valence-corrected chi connectivity index (χ1v) is 9.12. The molecule has 3 rings (SSSR count). The van der Waals surface area contributed by atoms with Crippen LogP contribution in [0.15, 0.2) is 36.7 Å². The molecule has 24 heavy (non-hydrogen) atoms. The Hall–Kier alpha value is -1.65. The molecule has 1 N–H and O–H groups in total. The van der Waals surface area contributed by atoms with Gasteiger partial charge in [0.05, 0.1) is 6.20 Å². The van der Waals surface area contributed by atoms with E-state index in [1.54, 1.807) is 0 Å². The summed E-state index contributed by atoms with van der Waals surface area (Å²) in [6, 6.07) is 9.71. The van der Waals surface area contributed by atoms with Crippen LogP contribution in [0.4, 0.5) is 0 Å². The van der Waals surface area contributed by atoms with E-state index in [0.717, 1.165) is 26.2 Å². The Bertz CT molecular complexity index is 659. The molecule has 0 unspecified atom stereocenters. The fraction of sp³-hybridized carbons (Fsp3) is 0.550. The second-order valence-electron chi connectivity index (χ2n) is 7.45. The van der Waals surface area contributed by atoms with Gasteiger partial charge < -0.3 is 5.32 Å². The van der Waals surface area contributed by atoms with Gasteiger partial charge in [-0.1, -0.05) is 38.1 Å². The number of nitrogens with zero attached hydrogens (tertiary/aromatic N) is 3. The minimum absolute atomic E-state index is 0.414. The Kier molecular flexibility index (Phi) is 5.36. The monoisotopic (exact) mass is 326 g/mol. The molecule has 0 saturated carbocycles. The third-order valence-electron chi connectivity index (χ3n) is 4.84. The van der Waals surface area contributed by atoms with E-state index in [-0.39, 0.29) is 0 Å². The average molecular weight is 326 g/mol. The summed E-state index contributed by atoms with van der Waals surface area (Å²) < 4.78 is 2.04.